The monoisotopic (exact) mass is 380 g/mol. The average Bonchev–Trinajstić information content (AvgIpc) is 2.76. The van der Waals surface area contributed by atoms with E-state index in [4.69, 9.17) is 0 Å². The van der Waals surface area contributed by atoms with Crippen molar-refractivity contribution in [3.8, 4) is 33.8 Å². The van der Waals surface area contributed by atoms with Gasteiger partial charge in [-0.2, -0.15) is 0 Å². The van der Waals surface area contributed by atoms with E-state index < -0.39 is 0 Å². The highest BCUT2D eigenvalue weighted by atomic mass is 16.3. The molecule has 0 radical (unpaired) electrons. The minimum Gasteiger partial charge on any atom is -0.507 e. The van der Waals surface area contributed by atoms with Crippen LogP contribution < -0.4 is 0 Å². The number of para-hydroxylation sites is 1. The van der Waals surface area contributed by atoms with Crippen LogP contribution in [-0.4, -0.2) is 10.2 Å². The van der Waals surface area contributed by atoms with Crippen molar-refractivity contribution >= 4 is 0 Å². The molecule has 0 heterocycles. The Morgan fingerprint density at radius 1 is 0.621 bits per heavy atom. The van der Waals surface area contributed by atoms with Gasteiger partial charge in [0, 0.05) is 17.0 Å². The second kappa shape index (κ2) is 7.84. The number of benzene rings is 4. The van der Waals surface area contributed by atoms with Crippen LogP contribution in [0.5, 0.6) is 11.5 Å². The van der Waals surface area contributed by atoms with Crippen molar-refractivity contribution in [2.45, 2.75) is 19.8 Å². The van der Waals surface area contributed by atoms with Gasteiger partial charge in [0.15, 0.2) is 0 Å². The number of aromatic hydroxyl groups is 2. The molecule has 144 valence electrons. The molecule has 4 aromatic rings. The van der Waals surface area contributed by atoms with Crippen LogP contribution in [0.4, 0.5) is 0 Å². The minimum atomic E-state index is 0.156. The molecular formula is C27H24O2. The van der Waals surface area contributed by atoms with Gasteiger partial charge in [-0.15, -0.1) is 0 Å². The number of hydrogen-bond donors (Lipinski definition) is 2. The summed E-state index contributed by atoms with van der Waals surface area (Å²) in [6, 6.07) is 30.1. The molecule has 0 fully saturated rings. The molecule has 4 aromatic carbocycles. The molecule has 0 saturated heterocycles. The lowest BCUT2D eigenvalue weighted by molar-refractivity contribution is 0.466. The lowest BCUT2D eigenvalue weighted by atomic mass is 9.88. The molecule has 0 bridgehead atoms. The predicted molar refractivity (Wildman–Crippen MR) is 119 cm³/mol. The lowest BCUT2D eigenvalue weighted by Gasteiger charge is -2.18. The molecule has 2 heteroatoms. The van der Waals surface area contributed by atoms with Crippen LogP contribution in [0, 0.1) is 6.92 Å². The van der Waals surface area contributed by atoms with E-state index in [1.165, 1.54) is 16.7 Å². The summed E-state index contributed by atoms with van der Waals surface area (Å²) in [5.74, 6) is 0.532. The maximum Gasteiger partial charge on any atom is 0.126 e. The van der Waals surface area contributed by atoms with Crippen LogP contribution in [0.15, 0.2) is 91.0 Å². The van der Waals surface area contributed by atoms with E-state index in [1.54, 1.807) is 12.1 Å². The minimum absolute atomic E-state index is 0.156. The van der Waals surface area contributed by atoms with Gasteiger partial charge in [-0.25, -0.2) is 0 Å². The number of phenolic OH excluding ortho intramolecular Hbond substituents is 2. The quantitative estimate of drug-likeness (QED) is 0.404. The molecule has 4 rings (SSSR count). The number of hydrogen-bond acceptors (Lipinski definition) is 2. The molecular weight excluding hydrogens is 356 g/mol. The van der Waals surface area contributed by atoms with E-state index in [9.17, 15) is 10.2 Å². The van der Waals surface area contributed by atoms with Crippen molar-refractivity contribution in [3.63, 3.8) is 0 Å². The van der Waals surface area contributed by atoms with Crippen molar-refractivity contribution in [2.75, 3.05) is 0 Å². The second-order valence-corrected chi connectivity index (χ2v) is 7.46. The smallest absolute Gasteiger partial charge is 0.126 e. The molecule has 0 saturated carbocycles. The first-order valence-electron chi connectivity index (χ1n) is 9.82. The number of rotatable bonds is 4. The number of phenols is 2. The van der Waals surface area contributed by atoms with Gasteiger partial charge in [0.1, 0.15) is 11.5 Å². The zero-order chi connectivity index (χ0) is 20.4. The van der Waals surface area contributed by atoms with Crippen LogP contribution in [0.1, 0.15) is 29.5 Å². The largest absolute Gasteiger partial charge is 0.507 e. The van der Waals surface area contributed by atoms with E-state index in [0.29, 0.717) is 11.1 Å². The molecule has 2 nitrogen and oxygen atoms in total. The van der Waals surface area contributed by atoms with Gasteiger partial charge in [-0.3, -0.25) is 0 Å². The Bertz CT molecular complexity index is 1130. The van der Waals surface area contributed by atoms with E-state index >= 15 is 0 Å². The fourth-order valence-corrected chi connectivity index (χ4v) is 3.75. The Balaban J connectivity index is 1.70. The van der Waals surface area contributed by atoms with E-state index in [0.717, 1.165) is 11.1 Å². The summed E-state index contributed by atoms with van der Waals surface area (Å²) >= 11 is 0. The third kappa shape index (κ3) is 3.74. The number of aryl methyl sites for hydroxylation is 1. The summed E-state index contributed by atoms with van der Waals surface area (Å²) in [5.41, 5.74) is 6.80. The topological polar surface area (TPSA) is 40.5 Å². The lowest BCUT2D eigenvalue weighted by Crippen LogP contribution is -1.98. The highest BCUT2D eigenvalue weighted by molar-refractivity contribution is 5.77. The van der Waals surface area contributed by atoms with Gasteiger partial charge >= 0.3 is 0 Å². The summed E-state index contributed by atoms with van der Waals surface area (Å²) in [6.07, 6.45) is 0. The Morgan fingerprint density at radius 3 is 1.93 bits per heavy atom. The van der Waals surface area contributed by atoms with Crippen LogP contribution >= 0.6 is 0 Å². The Hall–Kier alpha value is -3.52. The zero-order valence-electron chi connectivity index (χ0n) is 16.6. The van der Waals surface area contributed by atoms with Gasteiger partial charge < -0.3 is 10.2 Å². The first-order chi connectivity index (χ1) is 14.0. The van der Waals surface area contributed by atoms with Crippen molar-refractivity contribution in [1.82, 2.24) is 0 Å². The Labute approximate surface area is 171 Å². The van der Waals surface area contributed by atoms with Gasteiger partial charge in [0.05, 0.1) is 0 Å². The molecule has 1 unspecified atom stereocenters. The second-order valence-electron chi connectivity index (χ2n) is 7.46. The molecule has 1 atom stereocenters. The van der Waals surface area contributed by atoms with Crippen LogP contribution in [0.3, 0.4) is 0 Å². The maximum absolute atomic E-state index is 10.6. The first kappa shape index (κ1) is 18.8. The van der Waals surface area contributed by atoms with Crippen molar-refractivity contribution in [1.29, 1.82) is 0 Å². The van der Waals surface area contributed by atoms with Gasteiger partial charge in [-0.05, 0) is 46.9 Å². The highest BCUT2D eigenvalue weighted by Gasteiger charge is 2.16. The fourth-order valence-electron chi connectivity index (χ4n) is 3.75. The summed E-state index contributed by atoms with van der Waals surface area (Å²) in [4.78, 5) is 0. The Morgan fingerprint density at radius 2 is 1.24 bits per heavy atom. The predicted octanol–water partition coefficient (Wildman–Crippen LogP) is 6.89. The molecule has 0 aliphatic rings. The third-order valence-corrected chi connectivity index (χ3v) is 5.53. The molecule has 0 aliphatic carbocycles. The van der Waals surface area contributed by atoms with Crippen molar-refractivity contribution < 1.29 is 10.2 Å². The van der Waals surface area contributed by atoms with Gasteiger partial charge in [-0.1, -0.05) is 85.8 Å². The first-order valence-corrected chi connectivity index (χ1v) is 9.82. The molecule has 0 aliphatic heterocycles. The van der Waals surface area contributed by atoms with Gasteiger partial charge in [0.2, 0.25) is 0 Å². The molecule has 0 amide bonds. The van der Waals surface area contributed by atoms with Crippen LogP contribution in [-0.2, 0) is 0 Å². The molecule has 0 spiro atoms. The third-order valence-electron chi connectivity index (χ3n) is 5.53. The van der Waals surface area contributed by atoms with Crippen LogP contribution in [0.2, 0.25) is 0 Å². The Kier molecular flexibility index (Phi) is 5.09. The summed E-state index contributed by atoms with van der Waals surface area (Å²) in [5, 5.41) is 20.9. The van der Waals surface area contributed by atoms with E-state index in [2.05, 4.69) is 43.3 Å². The normalized spacial score (nSPS) is 11.9. The fraction of sp³-hybridized carbons (Fsp3) is 0.111. The summed E-state index contributed by atoms with van der Waals surface area (Å²) in [7, 11) is 0. The van der Waals surface area contributed by atoms with E-state index in [1.807, 2.05) is 49.4 Å². The molecule has 0 aromatic heterocycles. The average molecular weight is 380 g/mol. The summed E-state index contributed by atoms with van der Waals surface area (Å²) in [6.45, 7) is 4.06. The summed E-state index contributed by atoms with van der Waals surface area (Å²) < 4.78 is 0. The van der Waals surface area contributed by atoms with Gasteiger partial charge in [0.25, 0.3) is 0 Å². The molecule has 29 heavy (non-hydrogen) atoms. The SMILES string of the molecule is Cc1cc(C(C)c2ccc(-c3ccccc3)cc2)cc(-c2ccccc2O)c1O. The molecule has 2 N–H and O–H groups in total. The van der Waals surface area contributed by atoms with Crippen molar-refractivity contribution in [3.05, 3.63) is 108 Å². The zero-order valence-corrected chi connectivity index (χ0v) is 16.6. The van der Waals surface area contributed by atoms with E-state index in [-0.39, 0.29) is 17.4 Å². The highest BCUT2D eigenvalue weighted by Crippen LogP contribution is 2.40. The standard InChI is InChI=1S/C27H24O2/c1-18-16-23(17-25(27(18)29)24-10-6-7-11-26(24)28)19(2)20-12-14-22(15-13-20)21-8-4-3-5-9-21/h3-17,19,28-29H,1-2H3. The maximum atomic E-state index is 10.6. The van der Waals surface area contributed by atoms with Crippen molar-refractivity contribution in [2.24, 2.45) is 0 Å². The van der Waals surface area contributed by atoms with Crippen LogP contribution in [0.25, 0.3) is 22.3 Å².